The van der Waals surface area contributed by atoms with Gasteiger partial charge in [-0.05, 0) is 0 Å². The van der Waals surface area contributed by atoms with E-state index in [0.717, 1.165) is 0 Å². The summed E-state index contributed by atoms with van der Waals surface area (Å²) < 4.78 is 0. The molecule has 0 aromatic carbocycles. The summed E-state index contributed by atoms with van der Waals surface area (Å²) in [5, 5.41) is 17.5. The van der Waals surface area contributed by atoms with Gasteiger partial charge in [-0.25, -0.2) is 0 Å². The molecule has 1 aliphatic carbocycles. The van der Waals surface area contributed by atoms with Crippen LogP contribution < -0.4 is 0 Å². The van der Waals surface area contributed by atoms with Crippen molar-refractivity contribution < 1.29 is 10.2 Å². The summed E-state index contributed by atoms with van der Waals surface area (Å²) in [5.74, 6) is -1.71. The van der Waals surface area contributed by atoms with Crippen LogP contribution in [0.2, 0.25) is 0 Å². The predicted octanol–water partition coefficient (Wildman–Crippen LogP) is -0.0134. The summed E-state index contributed by atoms with van der Waals surface area (Å²) in [5.41, 5.74) is 0. The van der Waals surface area contributed by atoms with Crippen LogP contribution in [0.25, 0.3) is 0 Å². The van der Waals surface area contributed by atoms with E-state index in [0.29, 0.717) is 0 Å². The molecule has 0 spiro atoms. The van der Waals surface area contributed by atoms with Crippen molar-refractivity contribution in [2.24, 2.45) is 0 Å². The minimum atomic E-state index is -1.71. The van der Waals surface area contributed by atoms with Crippen LogP contribution in [-0.2, 0) is 0 Å². The lowest BCUT2D eigenvalue weighted by Gasteiger charge is -2.15. The second-order valence-electron chi connectivity index (χ2n) is 1.76. The van der Waals surface area contributed by atoms with Crippen LogP contribution in [0.15, 0.2) is 18.2 Å². The van der Waals surface area contributed by atoms with E-state index in [1.165, 1.54) is 6.08 Å². The summed E-state index contributed by atoms with van der Waals surface area (Å²) >= 11 is 0. The highest BCUT2D eigenvalue weighted by Gasteiger charge is 2.18. The van der Waals surface area contributed by atoms with Gasteiger partial charge in [0.1, 0.15) is 0 Å². The molecule has 0 amide bonds. The van der Waals surface area contributed by atoms with Gasteiger partial charge >= 0.3 is 0 Å². The van der Waals surface area contributed by atoms with Crippen LogP contribution in [0.5, 0.6) is 0 Å². The normalized spacial score (nSPS) is 23.8. The molecule has 0 aliphatic heterocycles. The van der Waals surface area contributed by atoms with Crippen LogP contribution in [0.1, 0.15) is 6.42 Å². The Hall–Kier alpha value is -0.600. The van der Waals surface area contributed by atoms with E-state index < -0.39 is 5.79 Å². The second-order valence-corrected chi connectivity index (χ2v) is 1.76. The van der Waals surface area contributed by atoms with Gasteiger partial charge in [-0.15, -0.1) is 0 Å². The van der Waals surface area contributed by atoms with Gasteiger partial charge in [0.15, 0.2) is 5.79 Å². The average Bonchev–Trinajstić information content (AvgIpc) is 1.65. The van der Waals surface area contributed by atoms with Crippen LogP contribution in [0.4, 0.5) is 0 Å². The maximum atomic E-state index is 8.74. The molecule has 43 valence electrons. The van der Waals surface area contributed by atoms with Crippen LogP contribution >= 0.6 is 0 Å². The molecular weight excluding hydrogens is 104 g/mol. The van der Waals surface area contributed by atoms with E-state index in [1.54, 1.807) is 12.2 Å². The molecule has 0 fully saturated rings. The first-order valence-electron chi connectivity index (χ1n) is 2.41. The highest BCUT2D eigenvalue weighted by Crippen LogP contribution is 2.10. The first kappa shape index (κ1) is 5.54. The van der Waals surface area contributed by atoms with E-state index in [-0.39, 0.29) is 6.42 Å². The van der Waals surface area contributed by atoms with Crippen molar-refractivity contribution in [3.8, 4) is 0 Å². The highest BCUT2D eigenvalue weighted by atomic mass is 16.5. The fourth-order valence-electron chi connectivity index (χ4n) is 0.541. The molecule has 1 aliphatic rings. The monoisotopic (exact) mass is 111 g/mol. The molecule has 0 aromatic rings. The van der Waals surface area contributed by atoms with Crippen molar-refractivity contribution in [3.63, 3.8) is 0 Å². The lowest BCUT2D eigenvalue weighted by atomic mass is 10.1. The molecule has 1 radical (unpaired) electrons. The fraction of sp³-hybridized carbons (Fsp3) is 0.333. The van der Waals surface area contributed by atoms with E-state index in [1.807, 2.05) is 0 Å². The third-order valence-corrected chi connectivity index (χ3v) is 0.949. The minimum Gasteiger partial charge on any atom is -0.362 e. The van der Waals surface area contributed by atoms with Crippen molar-refractivity contribution in [1.29, 1.82) is 0 Å². The van der Waals surface area contributed by atoms with E-state index >= 15 is 0 Å². The molecule has 0 saturated heterocycles. The van der Waals surface area contributed by atoms with Gasteiger partial charge in [-0.3, -0.25) is 0 Å². The zero-order valence-electron chi connectivity index (χ0n) is 4.33. The van der Waals surface area contributed by atoms with Gasteiger partial charge in [-0.1, -0.05) is 18.2 Å². The standard InChI is InChI=1S/C6H7O2/c7-6(8)4-2-1-3-5-6/h1-3,7-8H,4H2. The molecule has 0 saturated carbocycles. The molecular formula is C6H7O2. The first-order chi connectivity index (χ1) is 3.71. The lowest BCUT2D eigenvalue weighted by Crippen LogP contribution is -2.25. The molecule has 0 atom stereocenters. The summed E-state index contributed by atoms with van der Waals surface area (Å²) in [6.07, 6.45) is 7.49. The van der Waals surface area contributed by atoms with Gasteiger partial charge in [-0.2, -0.15) is 0 Å². The highest BCUT2D eigenvalue weighted by molar-refractivity contribution is 5.09. The summed E-state index contributed by atoms with van der Waals surface area (Å²) in [4.78, 5) is 0. The Labute approximate surface area is 47.8 Å². The Morgan fingerprint density at radius 2 is 2.25 bits per heavy atom. The smallest absolute Gasteiger partial charge is 0.193 e. The first-order valence-corrected chi connectivity index (χ1v) is 2.41. The summed E-state index contributed by atoms with van der Waals surface area (Å²) in [7, 11) is 0. The molecule has 1 rings (SSSR count). The van der Waals surface area contributed by atoms with Crippen molar-refractivity contribution in [2.45, 2.75) is 12.2 Å². The number of hydrogen-bond donors (Lipinski definition) is 2. The molecule has 2 heteroatoms. The number of hydrogen-bond acceptors (Lipinski definition) is 2. The minimum absolute atomic E-state index is 0.240. The molecule has 8 heavy (non-hydrogen) atoms. The summed E-state index contributed by atoms with van der Waals surface area (Å²) in [6.45, 7) is 0. The van der Waals surface area contributed by atoms with Gasteiger partial charge < -0.3 is 10.2 Å². The van der Waals surface area contributed by atoms with Crippen molar-refractivity contribution in [1.82, 2.24) is 0 Å². The predicted molar refractivity (Wildman–Crippen MR) is 28.7 cm³/mol. The van der Waals surface area contributed by atoms with Crippen molar-refractivity contribution in [2.75, 3.05) is 0 Å². The summed E-state index contributed by atoms with van der Waals surface area (Å²) in [6, 6.07) is 0. The Kier molecular flexibility index (Phi) is 1.19. The SMILES string of the molecule is OC1(O)[C]=CC=CC1. The molecule has 0 aromatic heterocycles. The fourth-order valence-corrected chi connectivity index (χ4v) is 0.541. The van der Waals surface area contributed by atoms with Crippen molar-refractivity contribution >= 4 is 0 Å². The molecule has 0 bridgehead atoms. The Morgan fingerprint density at radius 3 is 2.50 bits per heavy atom. The molecule has 0 unspecified atom stereocenters. The molecule has 0 heterocycles. The molecule has 2 N–H and O–H groups in total. The maximum Gasteiger partial charge on any atom is 0.193 e. The number of allylic oxidation sites excluding steroid dienone is 2. The van der Waals surface area contributed by atoms with E-state index in [2.05, 4.69) is 6.08 Å². The van der Waals surface area contributed by atoms with Crippen molar-refractivity contribution in [3.05, 3.63) is 24.3 Å². The van der Waals surface area contributed by atoms with E-state index in [4.69, 9.17) is 10.2 Å². The quantitative estimate of drug-likeness (QED) is 0.431. The van der Waals surface area contributed by atoms with E-state index in [9.17, 15) is 0 Å². The third-order valence-electron chi connectivity index (χ3n) is 0.949. The second kappa shape index (κ2) is 1.73. The number of aliphatic hydroxyl groups is 2. The number of rotatable bonds is 0. The Morgan fingerprint density at radius 1 is 1.50 bits per heavy atom. The Bertz CT molecular complexity index is 133. The largest absolute Gasteiger partial charge is 0.362 e. The third kappa shape index (κ3) is 1.18. The topological polar surface area (TPSA) is 40.5 Å². The Balaban J connectivity index is 2.65. The van der Waals surface area contributed by atoms with Gasteiger partial charge in [0, 0.05) is 12.5 Å². The van der Waals surface area contributed by atoms with Gasteiger partial charge in [0.2, 0.25) is 0 Å². The maximum absolute atomic E-state index is 8.74. The van der Waals surface area contributed by atoms with Crippen LogP contribution in [-0.4, -0.2) is 16.0 Å². The zero-order valence-corrected chi connectivity index (χ0v) is 4.33. The average molecular weight is 111 g/mol. The van der Waals surface area contributed by atoms with Gasteiger partial charge in [0.25, 0.3) is 0 Å². The van der Waals surface area contributed by atoms with Crippen LogP contribution in [0.3, 0.4) is 0 Å². The molecule has 2 nitrogen and oxygen atoms in total. The lowest BCUT2D eigenvalue weighted by molar-refractivity contribution is -0.121. The zero-order chi connectivity index (χ0) is 6.04. The van der Waals surface area contributed by atoms with Crippen LogP contribution in [0, 0.1) is 6.08 Å². The van der Waals surface area contributed by atoms with Gasteiger partial charge in [0.05, 0.1) is 0 Å².